The summed E-state index contributed by atoms with van der Waals surface area (Å²) >= 11 is 0. The molecule has 118 valence electrons. The lowest BCUT2D eigenvalue weighted by atomic mass is 10.1. The van der Waals surface area contributed by atoms with E-state index in [1.54, 1.807) is 20.8 Å². The third kappa shape index (κ3) is 6.83. The van der Waals surface area contributed by atoms with E-state index in [0.29, 0.717) is 0 Å². The van der Waals surface area contributed by atoms with Crippen LogP contribution in [0.1, 0.15) is 27.7 Å². The second kappa shape index (κ2) is 7.01. The number of carbonyl (C=O) groups excluding carboxylic acids is 2. The fourth-order valence-corrected chi connectivity index (χ4v) is 0.997. The van der Waals surface area contributed by atoms with Crippen molar-refractivity contribution < 1.29 is 36.6 Å². The van der Waals surface area contributed by atoms with Crippen LogP contribution in [0.15, 0.2) is 0 Å². The van der Waals surface area contributed by atoms with Crippen LogP contribution in [0, 0.1) is 5.92 Å². The predicted octanol–water partition coefficient (Wildman–Crippen LogP) is 2.45. The van der Waals surface area contributed by atoms with Crippen molar-refractivity contribution in [1.82, 2.24) is 0 Å². The number of ether oxygens (including phenoxy) is 2. The van der Waals surface area contributed by atoms with Gasteiger partial charge in [-0.15, -0.1) is 0 Å². The van der Waals surface area contributed by atoms with Crippen molar-refractivity contribution in [2.75, 3.05) is 13.2 Å². The van der Waals surface area contributed by atoms with Gasteiger partial charge in [0.25, 0.3) is 0 Å². The largest absolute Gasteiger partial charge is 0.459 e. The van der Waals surface area contributed by atoms with Crippen LogP contribution in [0.3, 0.4) is 0 Å². The third-order valence-electron chi connectivity index (χ3n) is 2.10. The molecule has 0 aliphatic carbocycles. The molecule has 8 heteroatoms. The van der Waals surface area contributed by atoms with Gasteiger partial charge >= 0.3 is 18.3 Å². The van der Waals surface area contributed by atoms with Gasteiger partial charge in [0.1, 0.15) is 24.7 Å². The lowest BCUT2D eigenvalue weighted by Gasteiger charge is -2.22. The molecule has 0 bridgehead atoms. The van der Waals surface area contributed by atoms with Crippen LogP contribution in [-0.2, 0) is 19.1 Å². The number of hydrogen-bond acceptors (Lipinski definition) is 4. The molecular formula is C12H18F4O4. The predicted molar refractivity (Wildman–Crippen MR) is 61.8 cm³/mol. The summed E-state index contributed by atoms with van der Waals surface area (Å²) in [6.07, 6.45) is -3.87. The number of ketones is 1. The van der Waals surface area contributed by atoms with Crippen molar-refractivity contribution in [2.45, 2.75) is 45.6 Å². The van der Waals surface area contributed by atoms with Crippen LogP contribution in [0.5, 0.6) is 0 Å². The third-order valence-corrected chi connectivity index (χ3v) is 2.10. The molecule has 0 aliphatic rings. The molecule has 0 aromatic rings. The topological polar surface area (TPSA) is 52.6 Å². The Morgan fingerprint density at radius 3 is 2.05 bits per heavy atom. The number of Topliss-reactive ketones (excluding diaryl/α,β-unsaturated/α-hetero) is 1. The van der Waals surface area contributed by atoms with E-state index in [4.69, 9.17) is 4.74 Å². The first kappa shape index (κ1) is 18.8. The molecule has 0 saturated carbocycles. The standard InChI is InChI=1S/C12H18F4O4/c1-7(9(18)20-11(2,3)4)8(17)5-19-6-12(15,16)10(13)14/h7,10H,5-6H2,1-4H3. The maximum atomic E-state index is 12.5. The van der Waals surface area contributed by atoms with Crippen molar-refractivity contribution in [3.63, 3.8) is 0 Å². The first-order valence-electron chi connectivity index (χ1n) is 5.86. The van der Waals surface area contributed by atoms with Crippen molar-refractivity contribution >= 4 is 11.8 Å². The quantitative estimate of drug-likeness (QED) is 0.412. The van der Waals surface area contributed by atoms with Gasteiger partial charge in [-0.2, -0.15) is 8.78 Å². The van der Waals surface area contributed by atoms with E-state index in [0.717, 1.165) is 0 Å². The minimum absolute atomic E-state index is 0.796. The maximum absolute atomic E-state index is 12.5. The second-order valence-corrected chi connectivity index (χ2v) is 5.28. The van der Waals surface area contributed by atoms with Crippen LogP contribution in [-0.4, -0.2) is 42.9 Å². The van der Waals surface area contributed by atoms with E-state index >= 15 is 0 Å². The molecular weight excluding hydrogens is 284 g/mol. The van der Waals surface area contributed by atoms with Crippen LogP contribution < -0.4 is 0 Å². The van der Waals surface area contributed by atoms with E-state index in [9.17, 15) is 27.2 Å². The van der Waals surface area contributed by atoms with Gasteiger partial charge in [-0.3, -0.25) is 9.59 Å². The van der Waals surface area contributed by atoms with Crippen LogP contribution >= 0.6 is 0 Å². The van der Waals surface area contributed by atoms with Gasteiger partial charge < -0.3 is 9.47 Å². The summed E-state index contributed by atoms with van der Waals surface area (Å²) in [6, 6.07) is 0. The first-order valence-corrected chi connectivity index (χ1v) is 5.86. The average molecular weight is 302 g/mol. The molecule has 1 unspecified atom stereocenters. The number of hydrogen-bond donors (Lipinski definition) is 0. The zero-order valence-electron chi connectivity index (χ0n) is 11.7. The average Bonchev–Trinajstić information content (AvgIpc) is 2.24. The number of halogens is 4. The summed E-state index contributed by atoms with van der Waals surface area (Å²) in [5, 5.41) is 0. The molecule has 1 atom stereocenters. The number of carbonyl (C=O) groups is 2. The van der Waals surface area contributed by atoms with Gasteiger partial charge in [0, 0.05) is 0 Å². The number of alkyl halides is 4. The van der Waals surface area contributed by atoms with E-state index < -0.39 is 48.8 Å². The molecule has 0 radical (unpaired) electrons. The van der Waals surface area contributed by atoms with Gasteiger partial charge in [-0.1, -0.05) is 0 Å². The fraction of sp³-hybridized carbons (Fsp3) is 0.833. The molecule has 0 amide bonds. The Bertz CT molecular complexity index is 350. The summed E-state index contributed by atoms with van der Waals surface area (Å²) < 4.78 is 57.8. The van der Waals surface area contributed by atoms with Gasteiger partial charge in [0.2, 0.25) is 0 Å². The highest BCUT2D eigenvalue weighted by molar-refractivity contribution is 5.99. The Morgan fingerprint density at radius 2 is 1.65 bits per heavy atom. The molecule has 0 spiro atoms. The highest BCUT2D eigenvalue weighted by Gasteiger charge is 2.41. The van der Waals surface area contributed by atoms with Gasteiger partial charge in [0.15, 0.2) is 5.78 Å². The highest BCUT2D eigenvalue weighted by atomic mass is 19.3. The number of esters is 1. The minimum Gasteiger partial charge on any atom is -0.459 e. The van der Waals surface area contributed by atoms with Crippen molar-refractivity contribution in [2.24, 2.45) is 5.92 Å². The molecule has 4 nitrogen and oxygen atoms in total. The van der Waals surface area contributed by atoms with Gasteiger partial charge in [-0.05, 0) is 27.7 Å². The van der Waals surface area contributed by atoms with Crippen LogP contribution in [0.4, 0.5) is 17.6 Å². The normalized spacial score (nSPS) is 14.2. The Kier molecular flexibility index (Phi) is 6.60. The molecule has 0 saturated heterocycles. The Labute approximate surface area is 114 Å². The molecule has 20 heavy (non-hydrogen) atoms. The molecule has 0 N–H and O–H groups in total. The monoisotopic (exact) mass is 302 g/mol. The molecule has 0 aromatic heterocycles. The molecule has 0 rings (SSSR count). The SMILES string of the molecule is CC(C(=O)COCC(F)(F)C(F)F)C(=O)OC(C)(C)C. The summed E-state index contributed by atoms with van der Waals surface area (Å²) in [4.78, 5) is 23.0. The van der Waals surface area contributed by atoms with E-state index in [1.165, 1.54) is 6.92 Å². The number of rotatable bonds is 7. The van der Waals surface area contributed by atoms with E-state index in [1.807, 2.05) is 0 Å². The Balaban J connectivity index is 4.25. The highest BCUT2D eigenvalue weighted by Crippen LogP contribution is 2.23. The minimum atomic E-state index is -4.32. The van der Waals surface area contributed by atoms with Crippen molar-refractivity contribution in [3.8, 4) is 0 Å². The summed E-state index contributed by atoms with van der Waals surface area (Å²) in [7, 11) is 0. The van der Waals surface area contributed by atoms with Gasteiger partial charge in [-0.25, -0.2) is 8.78 Å². The van der Waals surface area contributed by atoms with E-state index in [2.05, 4.69) is 4.74 Å². The van der Waals surface area contributed by atoms with E-state index in [-0.39, 0.29) is 0 Å². The molecule has 0 heterocycles. The lowest BCUT2D eigenvalue weighted by molar-refractivity contribution is -0.171. The smallest absolute Gasteiger partial charge is 0.330 e. The van der Waals surface area contributed by atoms with Crippen molar-refractivity contribution in [1.29, 1.82) is 0 Å². The fourth-order valence-electron chi connectivity index (χ4n) is 0.997. The Hall–Kier alpha value is -1.18. The van der Waals surface area contributed by atoms with Crippen LogP contribution in [0.25, 0.3) is 0 Å². The molecule has 0 aromatic carbocycles. The van der Waals surface area contributed by atoms with Gasteiger partial charge in [0.05, 0.1) is 0 Å². The van der Waals surface area contributed by atoms with Crippen LogP contribution in [0.2, 0.25) is 0 Å². The van der Waals surface area contributed by atoms with Crippen molar-refractivity contribution in [3.05, 3.63) is 0 Å². The summed E-state index contributed by atoms with van der Waals surface area (Å²) in [5.41, 5.74) is -0.796. The summed E-state index contributed by atoms with van der Waals surface area (Å²) in [5.74, 6) is -7.18. The zero-order chi connectivity index (χ0) is 16.1. The maximum Gasteiger partial charge on any atom is 0.330 e. The molecule has 0 aliphatic heterocycles. The molecule has 0 fully saturated rings. The second-order valence-electron chi connectivity index (χ2n) is 5.28. The summed E-state index contributed by atoms with van der Waals surface area (Å²) in [6.45, 7) is 3.58. The lowest BCUT2D eigenvalue weighted by Crippen LogP contribution is -2.36. The Morgan fingerprint density at radius 1 is 1.15 bits per heavy atom. The zero-order valence-corrected chi connectivity index (χ0v) is 11.7. The first-order chi connectivity index (χ1) is 8.87.